The Labute approximate surface area is 110 Å². The number of hydroxylamine groups is 1. The van der Waals surface area contributed by atoms with E-state index in [1.807, 2.05) is 0 Å². The van der Waals surface area contributed by atoms with E-state index in [1.54, 1.807) is 30.7 Å². The second kappa shape index (κ2) is 5.62. The summed E-state index contributed by atoms with van der Waals surface area (Å²) in [4.78, 5) is 16.6. The monoisotopic (exact) mass is 263 g/mol. The Balaban J connectivity index is 2.27. The predicted octanol–water partition coefficient (Wildman–Crippen LogP) is 2.00. The van der Waals surface area contributed by atoms with E-state index in [-0.39, 0.29) is 11.7 Å². The molecule has 0 spiro atoms. The molecule has 6 heteroatoms. The lowest BCUT2D eigenvalue weighted by molar-refractivity contribution is 0.0364. The van der Waals surface area contributed by atoms with Crippen LogP contribution >= 0.6 is 0 Å². The van der Waals surface area contributed by atoms with Crippen LogP contribution in [0.4, 0.5) is 4.39 Å². The molecule has 1 N–H and O–H groups in total. The SMILES string of the molecule is CCONC(=O)c1cnn(-c2ccc(F)cc2)c1C. The van der Waals surface area contributed by atoms with Gasteiger partial charge in [0.25, 0.3) is 5.91 Å². The summed E-state index contributed by atoms with van der Waals surface area (Å²) in [5, 5.41) is 4.12. The van der Waals surface area contributed by atoms with Gasteiger partial charge in [0, 0.05) is 0 Å². The summed E-state index contributed by atoms with van der Waals surface area (Å²) < 4.78 is 14.4. The van der Waals surface area contributed by atoms with Gasteiger partial charge in [0.05, 0.1) is 29.7 Å². The van der Waals surface area contributed by atoms with Crippen molar-refractivity contribution in [2.45, 2.75) is 13.8 Å². The third kappa shape index (κ3) is 2.79. The molecule has 19 heavy (non-hydrogen) atoms. The second-order valence-corrected chi connectivity index (χ2v) is 3.90. The van der Waals surface area contributed by atoms with Crippen LogP contribution in [0.1, 0.15) is 23.0 Å². The number of benzene rings is 1. The molecule has 0 saturated heterocycles. The maximum absolute atomic E-state index is 12.9. The number of carbonyl (C=O) groups excluding carboxylic acids is 1. The van der Waals surface area contributed by atoms with Gasteiger partial charge in [0.1, 0.15) is 5.82 Å². The summed E-state index contributed by atoms with van der Waals surface area (Å²) in [7, 11) is 0. The van der Waals surface area contributed by atoms with Crippen molar-refractivity contribution in [3.05, 3.63) is 47.5 Å². The molecule has 0 aliphatic heterocycles. The van der Waals surface area contributed by atoms with E-state index < -0.39 is 0 Å². The summed E-state index contributed by atoms with van der Waals surface area (Å²) >= 11 is 0. The summed E-state index contributed by atoms with van der Waals surface area (Å²) in [5.74, 6) is -0.671. The number of nitrogens with one attached hydrogen (secondary N) is 1. The van der Waals surface area contributed by atoms with Crippen LogP contribution in [-0.4, -0.2) is 22.3 Å². The molecule has 0 radical (unpaired) electrons. The Morgan fingerprint density at radius 2 is 2.11 bits per heavy atom. The first kappa shape index (κ1) is 13.2. The number of amides is 1. The largest absolute Gasteiger partial charge is 0.278 e. The van der Waals surface area contributed by atoms with Crippen LogP contribution in [0.2, 0.25) is 0 Å². The summed E-state index contributed by atoms with van der Waals surface area (Å²) in [6, 6.07) is 5.88. The number of aromatic nitrogens is 2. The van der Waals surface area contributed by atoms with Crippen molar-refractivity contribution < 1.29 is 14.0 Å². The van der Waals surface area contributed by atoms with Crippen LogP contribution in [0.15, 0.2) is 30.5 Å². The van der Waals surface area contributed by atoms with Gasteiger partial charge in [-0.15, -0.1) is 0 Å². The maximum Gasteiger partial charge on any atom is 0.278 e. The highest BCUT2D eigenvalue weighted by atomic mass is 19.1. The van der Waals surface area contributed by atoms with Crippen LogP contribution in [-0.2, 0) is 4.84 Å². The van der Waals surface area contributed by atoms with Crippen molar-refractivity contribution in [1.82, 2.24) is 15.3 Å². The lowest BCUT2D eigenvalue weighted by Gasteiger charge is -2.06. The minimum atomic E-state index is -0.354. The highest BCUT2D eigenvalue weighted by Crippen LogP contribution is 2.14. The van der Waals surface area contributed by atoms with Crippen molar-refractivity contribution in [3.8, 4) is 5.69 Å². The van der Waals surface area contributed by atoms with Gasteiger partial charge in [-0.25, -0.2) is 14.6 Å². The van der Waals surface area contributed by atoms with Crippen LogP contribution in [0, 0.1) is 12.7 Å². The number of hydrogen-bond donors (Lipinski definition) is 1. The molecule has 0 aliphatic rings. The van der Waals surface area contributed by atoms with E-state index in [4.69, 9.17) is 4.84 Å². The molecular weight excluding hydrogens is 249 g/mol. The standard InChI is InChI=1S/C13H14FN3O2/c1-3-19-16-13(18)12-8-15-17(9(12)2)11-6-4-10(14)5-7-11/h4-8H,3H2,1-2H3,(H,16,18). The molecule has 1 aromatic heterocycles. The fraction of sp³-hybridized carbons (Fsp3) is 0.231. The summed E-state index contributed by atoms with van der Waals surface area (Å²) in [5.41, 5.74) is 4.07. The minimum absolute atomic E-state index is 0.317. The van der Waals surface area contributed by atoms with Gasteiger partial charge in [-0.1, -0.05) is 0 Å². The molecular formula is C13H14FN3O2. The number of hydrogen-bond acceptors (Lipinski definition) is 3. The van der Waals surface area contributed by atoms with E-state index >= 15 is 0 Å². The topological polar surface area (TPSA) is 56.1 Å². The van der Waals surface area contributed by atoms with E-state index in [0.29, 0.717) is 23.6 Å². The van der Waals surface area contributed by atoms with Gasteiger partial charge in [-0.2, -0.15) is 5.10 Å². The zero-order valence-electron chi connectivity index (χ0n) is 10.7. The zero-order valence-corrected chi connectivity index (χ0v) is 10.7. The highest BCUT2D eigenvalue weighted by Gasteiger charge is 2.14. The quantitative estimate of drug-likeness (QED) is 0.858. The Morgan fingerprint density at radius 1 is 1.42 bits per heavy atom. The molecule has 1 heterocycles. The molecule has 0 bridgehead atoms. The van der Waals surface area contributed by atoms with Gasteiger partial charge in [-0.05, 0) is 38.1 Å². The fourth-order valence-corrected chi connectivity index (χ4v) is 1.67. The lowest BCUT2D eigenvalue weighted by Crippen LogP contribution is -2.24. The van der Waals surface area contributed by atoms with Crippen molar-refractivity contribution >= 4 is 5.91 Å². The first-order valence-corrected chi connectivity index (χ1v) is 5.86. The Hall–Kier alpha value is -2.21. The normalized spacial score (nSPS) is 10.5. The second-order valence-electron chi connectivity index (χ2n) is 3.90. The highest BCUT2D eigenvalue weighted by molar-refractivity contribution is 5.94. The molecule has 0 aliphatic carbocycles. The molecule has 0 unspecified atom stereocenters. The van der Waals surface area contributed by atoms with Gasteiger partial charge in [0.2, 0.25) is 0 Å². The smallest absolute Gasteiger partial charge is 0.274 e. The third-order valence-electron chi connectivity index (χ3n) is 2.63. The van der Waals surface area contributed by atoms with Crippen molar-refractivity contribution in [2.24, 2.45) is 0 Å². The zero-order chi connectivity index (χ0) is 13.8. The minimum Gasteiger partial charge on any atom is -0.274 e. The first-order chi connectivity index (χ1) is 9.13. The number of nitrogens with zero attached hydrogens (tertiary/aromatic N) is 2. The third-order valence-corrected chi connectivity index (χ3v) is 2.63. The lowest BCUT2D eigenvalue weighted by atomic mass is 10.2. The van der Waals surface area contributed by atoms with E-state index in [9.17, 15) is 9.18 Å². The molecule has 5 nitrogen and oxygen atoms in total. The molecule has 1 aromatic carbocycles. The molecule has 2 aromatic rings. The average Bonchev–Trinajstić information content (AvgIpc) is 2.79. The van der Waals surface area contributed by atoms with Crippen LogP contribution < -0.4 is 5.48 Å². The van der Waals surface area contributed by atoms with Gasteiger partial charge in [0.15, 0.2) is 0 Å². The first-order valence-electron chi connectivity index (χ1n) is 5.86. The molecule has 0 saturated carbocycles. The van der Waals surface area contributed by atoms with Crippen LogP contribution in [0.3, 0.4) is 0 Å². The van der Waals surface area contributed by atoms with E-state index in [0.717, 1.165) is 0 Å². The van der Waals surface area contributed by atoms with Crippen molar-refractivity contribution in [3.63, 3.8) is 0 Å². The Kier molecular flexibility index (Phi) is 3.91. The van der Waals surface area contributed by atoms with Crippen LogP contribution in [0.5, 0.6) is 0 Å². The van der Waals surface area contributed by atoms with E-state index in [1.165, 1.54) is 18.3 Å². The van der Waals surface area contributed by atoms with Crippen molar-refractivity contribution in [2.75, 3.05) is 6.61 Å². The average molecular weight is 263 g/mol. The Bertz CT molecular complexity index is 578. The van der Waals surface area contributed by atoms with Gasteiger partial charge >= 0.3 is 0 Å². The molecule has 0 fully saturated rings. The molecule has 1 amide bonds. The number of halogens is 1. The Morgan fingerprint density at radius 3 is 2.74 bits per heavy atom. The number of rotatable bonds is 4. The summed E-state index contributed by atoms with van der Waals surface area (Å²) in [6.45, 7) is 3.92. The number of carbonyl (C=O) groups is 1. The van der Waals surface area contributed by atoms with Gasteiger partial charge in [-0.3, -0.25) is 9.63 Å². The molecule has 100 valence electrons. The molecule has 0 atom stereocenters. The van der Waals surface area contributed by atoms with Crippen molar-refractivity contribution in [1.29, 1.82) is 0 Å². The fourth-order valence-electron chi connectivity index (χ4n) is 1.67. The maximum atomic E-state index is 12.9. The van der Waals surface area contributed by atoms with Crippen LogP contribution in [0.25, 0.3) is 5.69 Å². The summed E-state index contributed by atoms with van der Waals surface area (Å²) in [6.07, 6.45) is 1.45. The van der Waals surface area contributed by atoms with E-state index in [2.05, 4.69) is 10.6 Å². The van der Waals surface area contributed by atoms with Gasteiger partial charge < -0.3 is 0 Å². The molecule has 2 rings (SSSR count). The predicted molar refractivity (Wildman–Crippen MR) is 67.4 cm³/mol.